The number of carbonyl (C=O) groups is 1. The van der Waals surface area contributed by atoms with Crippen LogP contribution in [-0.2, 0) is 9.53 Å². The minimum atomic E-state index is -4.88. The van der Waals surface area contributed by atoms with Gasteiger partial charge in [-0.05, 0) is 20.3 Å². The molecule has 0 aliphatic heterocycles. The van der Waals surface area contributed by atoms with Crippen molar-refractivity contribution in [1.29, 1.82) is 0 Å². The van der Waals surface area contributed by atoms with Crippen LogP contribution in [0.5, 0.6) is 0 Å². The van der Waals surface area contributed by atoms with Crippen LogP contribution in [-0.4, -0.2) is 42.5 Å². The van der Waals surface area contributed by atoms with Crippen molar-refractivity contribution in [1.82, 2.24) is 5.32 Å². The molecule has 96 valence electrons. The van der Waals surface area contributed by atoms with Gasteiger partial charge >= 0.3 is 12.1 Å². The first kappa shape index (κ1) is 15.2. The van der Waals surface area contributed by atoms with Crippen LogP contribution in [0.15, 0.2) is 0 Å². The van der Waals surface area contributed by atoms with E-state index >= 15 is 0 Å². The van der Waals surface area contributed by atoms with Gasteiger partial charge < -0.3 is 15.2 Å². The highest BCUT2D eigenvalue weighted by Crippen LogP contribution is 2.14. The van der Waals surface area contributed by atoms with Crippen LogP contribution in [0.25, 0.3) is 0 Å². The van der Waals surface area contributed by atoms with Gasteiger partial charge in [-0.2, -0.15) is 13.2 Å². The summed E-state index contributed by atoms with van der Waals surface area (Å²) < 4.78 is 40.3. The monoisotopic (exact) mass is 243 g/mol. The normalized spacial score (nSPS) is 15.6. The molecule has 0 saturated heterocycles. The zero-order valence-corrected chi connectivity index (χ0v) is 9.23. The maximum absolute atomic E-state index is 11.8. The van der Waals surface area contributed by atoms with Gasteiger partial charge in [0.05, 0.1) is 12.2 Å². The fourth-order valence-corrected chi connectivity index (χ4v) is 0.940. The number of aliphatic hydroxyl groups is 1. The zero-order valence-electron chi connectivity index (χ0n) is 9.23. The van der Waals surface area contributed by atoms with Gasteiger partial charge in [0, 0.05) is 13.2 Å². The molecule has 1 atom stereocenters. The molecule has 0 aliphatic carbocycles. The smallest absolute Gasteiger partial charge is 0.388 e. The van der Waals surface area contributed by atoms with Crippen molar-refractivity contribution in [3.05, 3.63) is 0 Å². The van der Waals surface area contributed by atoms with Gasteiger partial charge in [0.2, 0.25) is 0 Å². The van der Waals surface area contributed by atoms with Crippen LogP contribution < -0.4 is 5.32 Å². The number of rotatable bonds is 6. The lowest BCUT2D eigenvalue weighted by Gasteiger charge is -2.22. The van der Waals surface area contributed by atoms with E-state index < -0.39 is 17.7 Å². The highest BCUT2D eigenvalue weighted by atomic mass is 19.4. The topological polar surface area (TPSA) is 58.6 Å². The van der Waals surface area contributed by atoms with E-state index in [9.17, 15) is 23.1 Å². The van der Waals surface area contributed by atoms with Crippen LogP contribution in [0.3, 0.4) is 0 Å². The van der Waals surface area contributed by atoms with Gasteiger partial charge in [-0.1, -0.05) is 0 Å². The number of halogens is 3. The molecule has 0 heterocycles. The van der Waals surface area contributed by atoms with E-state index in [1.54, 1.807) is 12.2 Å². The molecule has 0 aromatic carbocycles. The number of hydrogen-bond donors (Lipinski definition) is 2. The third kappa shape index (κ3) is 6.62. The second kappa shape index (κ2) is 6.05. The largest absolute Gasteiger partial charge is 0.471 e. The summed E-state index contributed by atoms with van der Waals surface area (Å²) in [4.78, 5) is 10.4. The molecule has 0 aromatic heterocycles. The summed E-state index contributed by atoms with van der Waals surface area (Å²) in [5.41, 5.74) is -1.24. The Hall–Kier alpha value is -0.820. The molecule has 0 rings (SSSR count). The molecule has 0 bridgehead atoms. The molecule has 0 aliphatic rings. The van der Waals surface area contributed by atoms with Crippen LogP contribution in [0.2, 0.25) is 0 Å². The van der Waals surface area contributed by atoms with Crippen molar-refractivity contribution < 1.29 is 27.8 Å². The van der Waals surface area contributed by atoms with Crippen molar-refractivity contribution in [2.24, 2.45) is 0 Å². The number of alkyl halides is 3. The average molecular weight is 243 g/mol. The number of carbonyl (C=O) groups excluding carboxylic acids is 1. The number of amides is 1. The molecular formula is C9H16F3NO3. The minimum absolute atomic E-state index is 0.00514. The molecule has 0 fully saturated rings. The van der Waals surface area contributed by atoms with Crippen molar-refractivity contribution in [2.45, 2.75) is 32.0 Å². The highest BCUT2D eigenvalue weighted by Gasteiger charge is 2.38. The number of nitrogens with one attached hydrogen (secondary N) is 1. The average Bonchev–Trinajstić information content (AvgIpc) is 2.13. The first-order chi connectivity index (χ1) is 7.19. The highest BCUT2D eigenvalue weighted by molar-refractivity contribution is 5.81. The van der Waals surface area contributed by atoms with Crippen LogP contribution in [0.1, 0.15) is 20.3 Å². The molecule has 0 saturated carbocycles. The Morgan fingerprint density at radius 2 is 2.00 bits per heavy atom. The van der Waals surface area contributed by atoms with E-state index in [1.807, 2.05) is 0 Å². The third-order valence-corrected chi connectivity index (χ3v) is 1.82. The molecule has 0 radical (unpaired) electrons. The second-order valence-electron chi connectivity index (χ2n) is 3.64. The Bertz CT molecular complexity index is 229. The third-order valence-electron chi connectivity index (χ3n) is 1.82. The zero-order chi connectivity index (χ0) is 12.8. The Labute approximate surface area is 91.8 Å². The SMILES string of the molecule is CCOCC(C)(O)CCNC(=O)C(F)(F)F. The standard InChI is InChI=1S/C9H16F3NO3/c1-3-16-6-8(2,15)4-5-13-7(14)9(10,11)12/h15H,3-6H2,1-2H3,(H,13,14). The first-order valence-corrected chi connectivity index (χ1v) is 4.84. The summed E-state index contributed by atoms with van der Waals surface area (Å²) in [6, 6.07) is 0. The van der Waals surface area contributed by atoms with Gasteiger partial charge in [-0.15, -0.1) is 0 Å². The van der Waals surface area contributed by atoms with Gasteiger partial charge in [0.1, 0.15) is 0 Å². The lowest BCUT2D eigenvalue weighted by molar-refractivity contribution is -0.173. The summed E-state index contributed by atoms with van der Waals surface area (Å²) in [6.07, 6.45) is -4.89. The van der Waals surface area contributed by atoms with Crippen LogP contribution in [0, 0.1) is 0 Å². The number of ether oxygens (including phenoxy) is 1. The van der Waals surface area contributed by atoms with Crippen molar-refractivity contribution in [3.8, 4) is 0 Å². The summed E-state index contributed by atoms with van der Waals surface area (Å²) in [7, 11) is 0. The van der Waals surface area contributed by atoms with Gasteiger partial charge in [-0.25, -0.2) is 0 Å². The predicted octanol–water partition coefficient (Wildman–Crippen LogP) is 0.842. The fraction of sp³-hybridized carbons (Fsp3) is 0.889. The summed E-state index contributed by atoms with van der Waals surface area (Å²) in [5, 5.41) is 11.3. The Morgan fingerprint density at radius 1 is 1.44 bits per heavy atom. The van der Waals surface area contributed by atoms with Crippen molar-refractivity contribution in [2.75, 3.05) is 19.8 Å². The van der Waals surface area contributed by atoms with Crippen LogP contribution in [0.4, 0.5) is 13.2 Å². The summed E-state index contributed by atoms with van der Waals surface area (Å²) in [6.45, 7) is 3.35. The maximum Gasteiger partial charge on any atom is 0.471 e. The summed E-state index contributed by atoms with van der Waals surface area (Å²) >= 11 is 0. The molecule has 0 spiro atoms. The van der Waals surface area contributed by atoms with Gasteiger partial charge in [0.25, 0.3) is 0 Å². The van der Waals surface area contributed by atoms with Crippen molar-refractivity contribution >= 4 is 5.91 Å². The van der Waals surface area contributed by atoms with Crippen molar-refractivity contribution in [3.63, 3.8) is 0 Å². The van der Waals surface area contributed by atoms with Gasteiger partial charge in [-0.3, -0.25) is 4.79 Å². The Balaban J connectivity index is 3.85. The van der Waals surface area contributed by atoms with E-state index in [1.165, 1.54) is 6.92 Å². The molecule has 0 aromatic rings. The van der Waals surface area contributed by atoms with Gasteiger partial charge in [0.15, 0.2) is 0 Å². The molecular weight excluding hydrogens is 227 g/mol. The minimum Gasteiger partial charge on any atom is -0.388 e. The van der Waals surface area contributed by atoms with E-state index in [0.717, 1.165) is 0 Å². The fourth-order valence-electron chi connectivity index (χ4n) is 0.940. The van der Waals surface area contributed by atoms with E-state index in [4.69, 9.17) is 4.74 Å². The first-order valence-electron chi connectivity index (χ1n) is 4.84. The second-order valence-corrected chi connectivity index (χ2v) is 3.64. The lowest BCUT2D eigenvalue weighted by atomic mass is 10.0. The number of hydrogen-bond acceptors (Lipinski definition) is 3. The predicted molar refractivity (Wildman–Crippen MR) is 50.8 cm³/mol. The molecule has 16 heavy (non-hydrogen) atoms. The molecule has 1 unspecified atom stereocenters. The lowest BCUT2D eigenvalue weighted by Crippen LogP contribution is -2.41. The molecule has 7 heteroatoms. The Morgan fingerprint density at radius 3 is 2.44 bits per heavy atom. The quantitative estimate of drug-likeness (QED) is 0.727. The summed E-state index contributed by atoms with van der Waals surface area (Å²) in [5.74, 6) is -2.00. The van der Waals surface area contributed by atoms with E-state index in [-0.39, 0.29) is 19.6 Å². The van der Waals surface area contributed by atoms with E-state index in [2.05, 4.69) is 0 Å². The molecule has 4 nitrogen and oxygen atoms in total. The molecule has 2 N–H and O–H groups in total. The van der Waals surface area contributed by atoms with E-state index in [0.29, 0.717) is 6.61 Å². The van der Waals surface area contributed by atoms with Crippen LogP contribution >= 0.6 is 0 Å². The molecule has 1 amide bonds. The Kier molecular flexibility index (Phi) is 5.74. The maximum atomic E-state index is 11.8.